The van der Waals surface area contributed by atoms with Crippen molar-refractivity contribution >= 4 is 22.8 Å². The summed E-state index contributed by atoms with van der Waals surface area (Å²) in [6, 6.07) is 11.1. The molecule has 1 fully saturated rings. The molecule has 1 saturated carbocycles. The lowest BCUT2D eigenvalue weighted by atomic mass is 9.92. The first-order valence-electron chi connectivity index (χ1n) is 8.88. The Labute approximate surface area is 147 Å². The zero-order chi connectivity index (χ0) is 17.2. The van der Waals surface area contributed by atoms with E-state index in [1.165, 1.54) is 5.56 Å². The molecule has 0 radical (unpaired) electrons. The molecule has 6 nitrogen and oxygen atoms in total. The van der Waals surface area contributed by atoms with Crippen LogP contribution in [0.5, 0.6) is 0 Å². The molecule has 130 valence electrons. The summed E-state index contributed by atoms with van der Waals surface area (Å²) in [6.07, 6.45) is 7.96. The summed E-state index contributed by atoms with van der Waals surface area (Å²) in [6.45, 7) is 2.09. The minimum Gasteiger partial charge on any atom is -0.366 e. The van der Waals surface area contributed by atoms with E-state index in [1.807, 2.05) is 28.9 Å². The SMILES string of the molecule is Cc1ccccc1Nc1cc(NC2CCC(N)CC2)nn2ccnc12. The number of aromatic nitrogens is 3. The number of fused-ring (bicyclic) bond motifs is 1. The summed E-state index contributed by atoms with van der Waals surface area (Å²) in [7, 11) is 0. The minimum absolute atomic E-state index is 0.348. The fraction of sp³-hybridized carbons (Fsp3) is 0.368. The van der Waals surface area contributed by atoms with E-state index >= 15 is 0 Å². The number of nitrogens with two attached hydrogens (primary N) is 1. The van der Waals surface area contributed by atoms with Gasteiger partial charge in [-0.3, -0.25) is 0 Å². The van der Waals surface area contributed by atoms with Crippen LogP contribution >= 0.6 is 0 Å². The number of hydrogen-bond acceptors (Lipinski definition) is 5. The quantitative estimate of drug-likeness (QED) is 0.680. The molecule has 0 saturated heterocycles. The Morgan fingerprint density at radius 3 is 2.72 bits per heavy atom. The van der Waals surface area contributed by atoms with Gasteiger partial charge < -0.3 is 16.4 Å². The van der Waals surface area contributed by atoms with Gasteiger partial charge in [-0.25, -0.2) is 9.50 Å². The Bertz CT molecular complexity index is 863. The van der Waals surface area contributed by atoms with Crippen LogP contribution in [-0.4, -0.2) is 26.7 Å². The number of benzene rings is 1. The van der Waals surface area contributed by atoms with Crippen molar-refractivity contribution in [3.8, 4) is 0 Å². The van der Waals surface area contributed by atoms with Crippen LogP contribution in [0.4, 0.5) is 17.2 Å². The van der Waals surface area contributed by atoms with Crippen LogP contribution in [0.1, 0.15) is 31.2 Å². The summed E-state index contributed by atoms with van der Waals surface area (Å²) in [5, 5.41) is 11.7. The van der Waals surface area contributed by atoms with Crippen molar-refractivity contribution in [1.29, 1.82) is 0 Å². The molecule has 0 amide bonds. The van der Waals surface area contributed by atoms with Crippen LogP contribution in [0.15, 0.2) is 42.7 Å². The van der Waals surface area contributed by atoms with Gasteiger partial charge in [-0.2, -0.15) is 0 Å². The van der Waals surface area contributed by atoms with E-state index in [9.17, 15) is 0 Å². The summed E-state index contributed by atoms with van der Waals surface area (Å²) in [5.41, 5.74) is 10.0. The summed E-state index contributed by atoms with van der Waals surface area (Å²) in [5.74, 6) is 0.863. The number of hydrogen-bond donors (Lipinski definition) is 3. The van der Waals surface area contributed by atoms with E-state index in [0.29, 0.717) is 12.1 Å². The second-order valence-electron chi connectivity index (χ2n) is 6.83. The molecule has 1 aliphatic rings. The average Bonchev–Trinajstić information content (AvgIpc) is 3.08. The molecule has 1 aromatic carbocycles. The lowest BCUT2D eigenvalue weighted by Crippen LogP contribution is -2.33. The maximum absolute atomic E-state index is 6.01. The average molecular weight is 336 g/mol. The largest absolute Gasteiger partial charge is 0.366 e. The highest BCUT2D eigenvalue weighted by Crippen LogP contribution is 2.27. The predicted octanol–water partition coefficient (Wildman–Crippen LogP) is 3.46. The zero-order valence-corrected chi connectivity index (χ0v) is 14.4. The van der Waals surface area contributed by atoms with E-state index in [-0.39, 0.29) is 0 Å². The molecule has 4 N–H and O–H groups in total. The molecule has 0 unspecified atom stereocenters. The third-order valence-corrected chi connectivity index (χ3v) is 4.90. The molecule has 1 aliphatic carbocycles. The van der Waals surface area contributed by atoms with Crippen molar-refractivity contribution in [3.05, 3.63) is 48.3 Å². The van der Waals surface area contributed by atoms with Gasteiger partial charge in [0, 0.05) is 36.2 Å². The molecule has 6 heteroatoms. The maximum Gasteiger partial charge on any atom is 0.177 e. The van der Waals surface area contributed by atoms with E-state index in [0.717, 1.165) is 48.5 Å². The topological polar surface area (TPSA) is 80.3 Å². The predicted molar refractivity (Wildman–Crippen MR) is 101 cm³/mol. The Hall–Kier alpha value is -2.60. The van der Waals surface area contributed by atoms with E-state index in [1.54, 1.807) is 6.20 Å². The van der Waals surface area contributed by atoms with Gasteiger partial charge in [-0.1, -0.05) is 18.2 Å². The number of rotatable bonds is 4. The van der Waals surface area contributed by atoms with Crippen molar-refractivity contribution in [3.63, 3.8) is 0 Å². The molecular formula is C19H24N6. The highest BCUT2D eigenvalue weighted by Gasteiger charge is 2.19. The normalized spacial score (nSPS) is 20.6. The molecule has 2 aromatic heterocycles. The van der Waals surface area contributed by atoms with Crippen molar-refractivity contribution in [2.75, 3.05) is 10.6 Å². The van der Waals surface area contributed by atoms with Crippen LogP contribution in [0, 0.1) is 6.92 Å². The van der Waals surface area contributed by atoms with Crippen LogP contribution < -0.4 is 16.4 Å². The molecular weight excluding hydrogens is 312 g/mol. The van der Waals surface area contributed by atoms with Crippen LogP contribution in [0.25, 0.3) is 5.65 Å². The van der Waals surface area contributed by atoms with Crippen molar-refractivity contribution < 1.29 is 0 Å². The first-order chi connectivity index (χ1) is 12.2. The Kier molecular flexibility index (Phi) is 4.28. The summed E-state index contributed by atoms with van der Waals surface area (Å²) in [4.78, 5) is 4.44. The van der Waals surface area contributed by atoms with Crippen molar-refractivity contribution in [2.24, 2.45) is 5.73 Å². The Morgan fingerprint density at radius 2 is 1.92 bits per heavy atom. The number of nitrogens with one attached hydrogen (secondary N) is 2. The Morgan fingerprint density at radius 1 is 1.12 bits per heavy atom. The zero-order valence-electron chi connectivity index (χ0n) is 14.4. The van der Waals surface area contributed by atoms with Gasteiger partial charge in [-0.05, 0) is 44.2 Å². The van der Waals surface area contributed by atoms with E-state index in [4.69, 9.17) is 5.73 Å². The first kappa shape index (κ1) is 15.9. The molecule has 0 spiro atoms. The van der Waals surface area contributed by atoms with E-state index < -0.39 is 0 Å². The fourth-order valence-electron chi connectivity index (χ4n) is 3.41. The van der Waals surface area contributed by atoms with Gasteiger partial charge in [0.2, 0.25) is 0 Å². The second kappa shape index (κ2) is 6.72. The fourth-order valence-corrected chi connectivity index (χ4v) is 3.41. The molecule has 0 aliphatic heterocycles. The molecule has 0 bridgehead atoms. The Balaban J connectivity index is 1.62. The van der Waals surface area contributed by atoms with Crippen LogP contribution in [0.2, 0.25) is 0 Å². The number of nitrogens with zero attached hydrogens (tertiary/aromatic N) is 3. The van der Waals surface area contributed by atoms with Crippen LogP contribution in [-0.2, 0) is 0 Å². The molecule has 25 heavy (non-hydrogen) atoms. The van der Waals surface area contributed by atoms with E-state index in [2.05, 4.69) is 39.8 Å². The highest BCUT2D eigenvalue weighted by atomic mass is 15.3. The molecule has 4 rings (SSSR count). The van der Waals surface area contributed by atoms with Crippen molar-refractivity contribution in [2.45, 2.75) is 44.7 Å². The lowest BCUT2D eigenvalue weighted by molar-refractivity contribution is 0.410. The molecule has 3 aromatic rings. The van der Waals surface area contributed by atoms with Gasteiger partial charge in [0.05, 0.1) is 5.69 Å². The second-order valence-corrected chi connectivity index (χ2v) is 6.83. The summed E-state index contributed by atoms with van der Waals surface area (Å²) >= 11 is 0. The van der Waals surface area contributed by atoms with Gasteiger partial charge in [0.25, 0.3) is 0 Å². The van der Waals surface area contributed by atoms with Gasteiger partial charge in [0.1, 0.15) is 5.82 Å². The third-order valence-electron chi connectivity index (χ3n) is 4.90. The van der Waals surface area contributed by atoms with Gasteiger partial charge in [-0.15, -0.1) is 5.10 Å². The highest BCUT2D eigenvalue weighted by molar-refractivity contribution is 5.76. The standard InChI is InChI=1S/C19H24N6/c1-13-4-2-3-5-16(13)23-17-12-18(24-25-11-10-21-19(17)25)22-15-8-6-14(20)7-9-15/h2-5,10-12,14-15,23H,6-9,20H2,1H3,(H,22,24). The minimum atomic E-state index is 0.348. The van der Waals surface area contributed by atoms with Crippen molar-refractivity contribution in [1.82, 2.24) is 14.6 Å². The third kappa shape index (κ3) is 3.44. The smallest absolute Gasteiger partial charge is 0.177 e. The monoisotopic (exact) mass is 336 g/mol. The maximum atomic E-state index is 6.01. The number of imidazole rings is 1. The first-order valence-corrected chi connectivity index (χ1v) is 8.88. The number of anilines is 3. The molecule has 2 heterocycles. The number of para-hydroxylation sites is 1. The van der Waals surface area contributed by atoms with Crippen LogP contribution in [0.3, 0.4) is 0 Å². The summed E-state index contributed by atoms with van der Waals surface area (Å²) < 4.78 is 1.82. The lowest BCUT2D eigenvalue weighted by Gasteiger charge is -2.27. The van der Waals surface area contributed by atoms with Gasteiger partial charge >= 0.3 is 0 Å². The van der Waals surface area contributed by atoms with Gasteiger partial charge in [0.15, 0.2) is 5.65 Å². The molecule has 0 atom stereocenters. The number of aryl methyl sites for hydroxylation is 1.